The summed E-state index contributed by atoms with van der Waals surface area (Å²) in [4.78, 5) is 15.7. The van der Waals surface area contributed by atoms with Gasteiger partial charge in [0.2, 0.25) is 0 Å². The van der Waals surface area contributed by atoms with Gasteiger partial charge in [-0.3, -0.25) is 0 Å². The molecule has 3 rings (SSSR count). The highest BCUT2D eigenvalue weighted by atomic mass is 32.2. The Morgan fingerprint density at radius 2 is 1.73 bits per heavy atom. The molecule has 0 radical (unpaired) electrons. The van der Waals surface area contributed by atoms with Crippen LogP contribution in [0.15, 0.2) is 48.1 Å². The summed E-state index contributed by atoms with van der Waals surface area (Å²) in [5.74, 6) is -1.33. The van der Waals surface area contributed by atoms with E-state index in [1.165, 1.54) is 26.2 Å². The number of rotatable bonds is 6. The molecule has 0 spiro atoms. The van der Waals surface area contributed by atoms with Crippen LogP contribution in [0.25, 0.3) is 11.1 Å². The van der Waals surface area contributed by atoms with Crippen molar-refractivity contribution in [2.75, 3.05) is 21.2 Å². The Hall–Kier alpha value is -3.10. The summed E-state index contributed by atoms with van der Waals surface area (Å²) in [7, 11) is -4.92. The number of ether oxygens (including phenoxy) is 1. The Balaban J connectivity index is 2.12. The standard InChI is InChI=1S/C16H16FN5O6S2/c1-20(2)30(26,27)22-10-18-16(19-22)29(24,25)21-8-13(14(9-21)15(23)28-3)11-4-6-12(17)7-5-11/h4-10H,1-3H3. The Morgan fingerprint density at radius 3 is 2.30 bits per heavy atom. The quantitative estimate of drug-likeness (QED) is 0.491. The number of carbonyl (C=O) groups is 1. The minimum Gasteiger partial charge on any atom is -0.465 e. The molecule has 0 N–H and O–H groups in total. The molecule has 1 aromatic carbocycles. The van der Waals surface area contributed by atoms with Crippen molar-refractivity contribution in [2.45, 2.75) is 5.16 Å². The molecule has 2 heterocycles. The first-order valence-electron chi connectivity index (χ1n) is 8.15. The first kappa shape index (κ1) is 21.6. The van der Waals surface area contributed by atoms with E-state index in [1.807, 2.05) is 0 Å². The van der Waals surface area contributed by atoms with Gasteiger partial charge in [-0.1, -0.05) is 12.1 Å². The van der Waals surface area contributed by atoms with E-state index in [-0.39, 0.29) is 11.1 Å². The first-order valence-corrected chi connectivity index (χ1v) is 11.0. The number of nitrogens with zero attached hydrogens (tertiary/aromatic N) is 5. The fourth-order valence-corrected chi connectivity index (χ4v) is 4.21. The van der Waals surface area contributed by atoms with Gasteiger partial charge in [0, 0.05) is 32.1 Å². The summed E-state index contributed by atoms with van der Waals surface area (Å²) in [6.07, 6.45) is 2.84. The van der Waals surface area contributed by atoms with Crippen LogP contribution in [0.2, 0.25) is 0 Å². The molecule has 0 amide bonds. The highest BCUT2D eigenvalue weighted by Crippen LogP contribution is 2.27. The number of hydrogen-bond acceptors (Lipinski definition) is 8. The lowest BCUT2D eigenvalue weighted by Gasteiger charge is -2.09. The third-order valence-corrected chi connectivity index (χ3v) is 7.01. The first-order chi connectivity index (χ1) is 14.0. The normalized spacial score (nSPS) is 12.3. The van der Waals surface area contributed by atoms with Crippen molar-refractivity contribution in [3.8, 4) is 11.1 Å². The Morgan fingerprint density at radius 1 is 1.10 bits per heavy atom. The Labute approximate surface area is 171 Å². The van der Waals surface area contributed by atoms with E-state index < -0.39 is 37.2 Å². The lowest BCUT2D eigenvalue weighted by molar-refractivity contribution is 0.0601. The van der Waals surface area contributed by atoms with Crippen LogP contribution in [0.3, 0.4) is 0 Å². The van der Waals surface area contributed by atoms with Crippen molar-refractivity contribution in [1.82, 2.24) is 22.4 Å². The van der Waals surface area contributed by atoms with Crippen molar-refractivity contribution in [3.63, 3.8) is 0 Å². The highest BCUT2D eigenvalue weighted by molar-refractivity contribution is 7.90. The molecule has 3 aromatic rings. The van der Waals surface area contributed by atoms with Gasteiger partial charge in [-0.05, 0) is 17.7 Å². The second-order valence-corrected chi connectivity index (χ2v) is 9.85. The minimum atomic E-state index is -4.45. The molecule has 11 nitrogen and oxygen atoms in total. The van der Waals surface area contributed by atoms with Crippen LogP contribution in [0, 0.1) is 5.82 Å². The van der Waals surface area contributed by atoms with Gasteiger partial charge < -0.3 is 4.74 Å². The van der Waals surface area contributed by atoms with Crippen molar-refractivity contribution >= 4 is 26.2 Å². The van der Waals surface area contributed by atoms with Crippen molar-refractivity contribution in [3.05, 3.63) is 54.4 Å². The summed E-state index contributed by atoms with van der Waals surface area (Å²) >= 11 is 0. The number of esters is 1. The second kappa shape index (κ2) is 7.62. The van der Waals surface area contributed by atoms with E-state index in [1.54, 1.807) is 0 Å². The fourth-order valence-electron chi connectivity index (χ4n) is 2.43. The lowest BCUT2D eigenvalue weighted by atomic mass is 10.1. The van der Waals surface area contributed by atoms with Gasteiger partial charge in [0.15, 0.2) is 0 Å². The largest absolute Gasteiger partial charge is 0.465 e. The van der Waals surface area contributed by atoms with Crippen molar-refractivity contribution in [2.24, 2.45) is 0 Å². The molecule has 0 saturated heterocycles. The third kappa shape index (κ3) is 3.71. The zero-order valence-corrected chi connectivity index (χ0v) is 17.6. The minimum absolute atomic E-state index is 0.104. The van der Waals surface area contributed by atoms with Crippen LogP contribution < -0.4 is 0 Å². The molecule has 0 atom stereocenters. The topological polar surface area (TPSA) is 133 Å². The Bertz CT molecular complexity index is 1310. The summed E-state index contributed by atoms with van der Waals surface area (Å²) in [5.41, 5.74) is 0.415. The molecule has 0 bridgehead atoms. The van der Waals surface area contributed by atoms with E-state index in [2.05, 4.69) is 14.8 Å². The van der Waals surface area contributed by atoms with Crippen molar-refractivity contribution in [1.29, 1.82) is 0 Å². The van der Waals surface area contributed by atoms with Crippen LogP contribution in [0.1, 0.15) is 10.4 Å². The van der Waals surface area contributed by atoms with E-state index >= 15 is 0 Å². The molecular weight excluding hydrogens is 441 g/mol. The van der Waals surface area contributed by atoms with Gasteiger partial charge in [-0.15, -0.1) is 9.19 Å². The van der Waals surface area contributed by atoms with Crippen LogP contribution in [-0.4, -0.2) is 66.5 Å². The monoisotopic (exact) mass is 457 g/mol. The molecule has 160 valence electrons. The molecule has 2 aromatic heterocycles. The number of methoxy groups -OCH3 is 1. The molecule has 0 unspecified atom stereocenters. The van der Waals surface area contributed by atoms with Gasteiger partial charge in [0.25, 0.3) is 5.16 Å². The summed E-state index contributed by atoms with van der Waals surface area (Å²) in [6, 6.07) is 5.03. The average molecular weight is 457 g/mol. The average Bonchev–Trinajstić information content (AvgIpc) is 3.36. The maximum absolute atomic E-state index is 13.2. The maximum atomic E-state index is 13.2. The van der Waals surface area contributed by atoms with Gasteiger partial charge in [0.1, 0.15) is 12.1 Å². The summed E-state index contributed by atoms with van der Waals surface area (Å²) < 4.78 is 69.8. The molecule has 14 heteroatoms. The van der Waals surface area contributed by atoms with Gasteiger partial charge in [-0.25, -0.2) is 18.1 Å². The van der Waals surface area contributed by atoms with E-state index in [0.717, 1.165) is 42.3 Å². The van der Waals surface area contributed by atoms with Gasteiger partial charge >= 0.3 is 26.2 Å². The highest BCUT2D eigenvalue weighted by Gasteiger charge is 2.28. The molecule has 0 aliphatic heterocycles. The molecular formula is C16H16FN5O6S2. The smallest absolute Gasteiger partial charge is 0.340 e. The summed E-state index contributed by atoms with van der Waals surface area (Å²) in [5, 5.41) is 2.74. The van der Waals surface area contributed by atoms with E-state index in [4.69, 9.17) is 0 Å². The second-order valence-electron chi connectivity index (χ2n) is 6.11. The zero-order valence-electron chi connectivity index (χ0n) is 15.9. The summed E-state index contributed by atoms with van der Waals surface area (Å²) in [6.45, 7) is 0. The van der Waals surface area contributed by atoms with Gasteiger partial charge in [-0.2, -0.15) is 21.1 Å². The Kier molecular flexibility index (Phi) is 5.49. The van der Waals surface area contributed by atoms with E-state index in [9.17, 15) is 26.0 Å². The van der Waals surface area contributed by atoms with Crippen molar-refractivity contribution < 1.29 is 30.8 Å². The van der Waals surface area contributed by atoms with Gasteiger partial charge in [0.05, 0.1) is 12.7 Å². The maximum Gasteiger partial charge on any atom is 0.340 e. The molecule has 0 fully saturated rings. The van der Waals surface area contributed by atoms with Crippen LogP contribution in [0.4, 0.5) is 4.39 Å². The lowest BCUT2D eigenvalue weighted by Crippen LogP contribution is -2.29. The molecule has 30 heavy (non-hydrogen) atoms. The number of aromatic nitrogens is 4. The van der Waals surface area contributed by atoms with E-state index in [0.29, 0.717) is 13.6 Å². The van der Waals surface area contributed by atoms with Crippen LogP contribution >= 0.6 is 0 Å². The number of hydrogen-bond donors (Lipinski definition) is 0. The third-order valence-electron chi connectivity index (χ3n) is 4.02. The fraction of sp³-hybridized carbons (Fsp3) is 0.188. The predicted molar refractivity (Wildman–Crippen MR) is 102 cm³/mol. The number of benzene rings is 1. The van der Waals surface area contributed by atoms with Crippen LogP contribution in [0.5, 0.6) is 0 Å². The zero-order chi connectivity index (χ0) is 22.3. The molecule has 0 saturated carbocycles. The molecule has 0 aliphatic carbocycles. The number of halogens is 1. The van der Waals surface area contributed by atoms with Crippen LogP contribution in [-0.2, 0) is 25.0 Å². The SMILES string of the molecule is COC(=O)c1cn(S(=O)(=O)c2ncn(S(=O)(=O)N(C)C)n2)cc1-c1ccc(F)cc1. The number of carbonyl (C=O) groups excluding carboxylic acids is 1. The predicted octanol–water partition coefficient (Wildman–Crippen LogP) is 0.564. The molecule has 0 aliphatic rings.